The van der Waals surface area contributed by atoms with Crippen molar-refractivity contribution in [3.8, 4) is 5.75 Å². The van der Waals surface area contributed by atoms with Crippen LogP contribution in [0.25, 0.3) is 0 Å². The Hall–Kier alpha value is -1.49. The maximum absolute atomic E-state index is 5.68. The molecule has 1 N–H and O–H groups in total. The molecule has 0 aromatic heterocycles. The van der Waals surface area contributed by atoms with Gasteiger partial charge in [-0.25, -0.2) is 0 Å². The standard InChI is InChI=1S/C24H33NO2S/c1-5-7-13-24(6-2)17-28-22-15-21(27-4)19(16-26-3)14-20(22)23(25-24)18-11-9-8-10-12-18/h8-12,14-15,23,25H,5-7,13,16-17H2,1-4H3/t23-,24-/m0/s1. The van der Waals surface area contributed by atoms with Crippen LogP contribution >= 0.6 is 11.8 Å². The van der Waals surface area contributed by atoms with Crippen molar-refractivity contribution in [3.63, 3.8) is 0 Å². The summed E-state index contributed by atoms with van der Waals surface area (Å²) in [5.74, 6) is 1.99. The highest BCUT2D eigenvalue weighted by Crippen LogP contribution is 2.43. The third-order valence-electron chi connectivity index (χ3n) is 5.80. The fourth-order valence-corrected chi connectivity index (χ4v) is 5.42. The minimum atomic E-state index is 0.134. The predicted molar refractivity (Wildman–Crippen MR) is 118 cm³/mol. The van der Waals surface area contributed by atoms with E-state index in [1.807, 2.05) is 11.8 Å². The van der Waals surface area contributed by atoms with Gasteiger partial charge in [-0.3, -0.25) is 5.32 Å². The van der Waals surface area contributed by atoms with Gasteiger partial charge in [0.25, 0.3) is 0 Å². The Morgan fingerprint density at radius 3 is 2.57 bits per heavy atom. The third-order valence-corrected chi connectivity index (χ3v) is 7.16. The van der Waals surface area contributed by atoms with Crippen LogP contribution in [0, 0.1) is 0 Å². The molecule has 1 aliphatic rings. The van der Waals surface area contributed by atoms with E-state index in [0.717, 1.165) is 23.5 Å². The number of fused-ring (bicyclic) bond motifs is 1. The van der Waals surface area contributed by atoms with Crippen LogP contribution in [0.2, 0.25) is 0 Å². The van der Waals surface area contributed by atoms with E-state index in [-0.39, 0.29) is 11.6 Å². The van der Waals surface area contributed by atoms with Gasteiger partial charge in [0, 0.05) is 28.9 Å². The topological polar surface area (TPSA) is 30.5 Å². The summed E-state index contributed by atoms with van der Waals surface area (Å²) in [4.78, 5) is 1.31. The zero-order valence-electron chi connectivity index (χ0n) is 17.6. The molecule has 3 nitrogen and oxygen atoms in total. The van der Waals surface area contributed by atoms with E-state index >= 15 is 0 Å². The second kappa shape index (κ2) is 9.82. The van der Waals surface area contributed by atoms with Gasteiger partial charge in [-0.15, -0.1) is 11.8 Å². The van der Waals surface area contributed by atoms with Crippen molar-refractivity contribution in [1.82, 2.24) is 5.32 Å². The van der Waals surface area contributed by atoms with Gasteiger partial charge in [0.1, 0.15) is 5.75 Å². The van der Waals surface area contributed by atoms with Gasteiger partial charge in [-0.1, -0.05) is 57.0 Å². The molecule has 2 atom stereocenters. The number of rotatable bonds is 8. The van der Waals surface area contributed by atoms with Gasteiger partial charge in [-0.05, 0) is 36.1 Å². The minimum Gasteiger partial charge on any atom is -0.496 e. The largest absolute Gasteiger partial charge is 0.496 e. The number of methoxy groups -OCH3 is 2. The van der Waals surface area contributed by atoms with Crippen molar-refractivity contribution in [3.05, 3.63) is 59.2 Å². The first kappa shape index (κ1) is 21.2. The molecule has 28 heavy (non-hydrogen) atoms. The highest BCUT2D eigenvalue weighted by Gasteiger charge is 2.36. The normalized spacial score (nSPS) is 21.8. The van der Waals surface area contributed by atoms with Gasteiger partial charge in [0.05, 0.1) is 19.8 Å². The summed E-state index contributed by atoms with van der Waals surface area (Å²) < 4.78 is 11.1. The summed E-state index contributed by atoms with van der Waals surface area (Å²) >= 11 is 1.96. The fourth-order valence-electron chi connectivity index (χ4n) is 4.02. The number of hydrogen-bond donors (Lipinski definition) is 1. The Morgan fingerprint density at radius 2 is 1.93 bits per heavy atom. The molecule has 0 unspecified atom stereocenters. The molecule has 3 rings (SSSR count). The van der Waals surface area contributed by atoms with Crippen molar-refractivity contribution >= 4 is 11.8 Å². The maximum atomic E-state index is 5.68. The molecule has 0 saturated carbocycles. The van der Waals surface area contributed by atoms with Crippen molar-refractivity contribution in [2.45, 2.75) is 62.6 Å². The van der Waals surface area contributed by atoms with Gasteiger partial charge < -0.3 is 9.47 Å². The van der Waals surface area contributed by atoms with Crippen LogP contribution in [0.5, 0.6) is 5.75 Å². The van der Waals surface area contributed by atoms with E-state index in [1.165, 1.54) is 35.3 Å². The lowest BCUT2D eigenvalue weighted by Gasteiger charge is -2.36. The minimum absolute atomic E-state index is 0.134. The average molecular weight is 400 g/mol. The zero-order chi connectivity index (χ0) is 20.0. The summed E-state index contributed by atoms with van der Waals surface area (Å²) in [6.07, 6.45) is 4.80. The predicted octanol–water partition coefficient (Wildman–Crippen LogP) is 5.97. The molecule has 0 spiro atoms. The molecule has 0 radical (unpaired) electrons. The molecule has 2 aromatic carbocycles. The molecule has 1 aliphatic heterocycles. The number of nitrogens with one attached hydrogen (secondary N) is 1. The average Bonchev–Trinajstić information content (AvgIpc) is 2.90. The number of ether oxygens (including phenoxy) is 2. The number of hydrogen-bond acceptors (Lipinski definition) is 4. The lowest BCUT2D eigenvalue weighted by Crippen LogP contribution is -2.48. The monoisotopic (exact) mass is 399 g/mol. The second-order valence-electron chi connectivity index (χ2n) is 7.65. The summed E-state index contributed by atoms with van der Waals surface area (Å²) in [5.41, 5.74) is 3.88. The van der Waals surface area contributed by atoms with Gasteiger partial charge in [-0.2, -0.15) is 0 Å². The van der Waals surface area contributed by atoms with E-state index in [9.17, 15) is 0 Å². The summed E-state index contributed by atoms with van der Waals surface area (Å²) in [6.45, 7) is 5.15. The van der Waals surface area contributed by atoms with Crippen molar-refractivity contribution in [2.75, 3.05) is 20.0 Å². The van der Waals surface area contributed by atoms with Gasteiger partial charge in [0.2, 0.25) is 0 Å². The Bertz CT molecular complexity index is 765. The first-order valence-electron chi connectivity index (χ1n) is 10.3. The van der Waals surface area contributed by atoms with E-state index in [4.69, 9.17) is 9.47 Å². The van der Waals surface area contributed by atoms with Crippen LogP contribution in [0.4, 0.5) is 0 Å². The third kappa shape index (κ3) is 4.56. The molecule has 0 fully saturated rings. The van der Waals surface area contributed by atoms with Gasteiger partial charge in [0.15, 0.2) is 0 Å². The van der Waals surface area contributed by atoms with Gasteiger partial charge >= 0.3 is 0 Å². The molecule has 4 heteroatoms. The van der Waals surface area contributed by atoms with E-state index in [1.54, 1.807) is 14.2 Å². The lowest BCUT2D eigenvalue weighted by atomic mass is 9.87. The SMILES string of the molecule is CCCC[C@@]1(CC)CSc2cc(OC)c(COC)cc2[C@H](c2ccccc2)N1. The molecule has 1 heterocycles. The first-order valence-corrected chi connectivity index (χ1v) is 11.3. The van der Waals surface area contributed by atoms with E-state index in [2.05, 4.69) is 61.6 Å². The van der Waals surface area contributed by atoms with Crippen molar-refractivity contribution < 1.29 is 9.47 Å². The molecular formula is C24H33NO2S. The lowest BCUT2D eigenvalue weighted by molar-refractivity contribution is 0.181. The second-order valence-corrected chi connectivity index (χ2v) is 8.67. The van der Waals surface area contributed by atoms with Crippen LogP contribution in [0.1, 0.15) is 62.3 Å². The smallest absolute Gasteiger partial charge is 0.125 e. The van der Waals surface area contributed by atoms with Crippen LogP contribution in [-0.4, -0.2) is 25.5 Å². The highest BCUT2D eigenvalue weighted by atomic mass is 32.2. The summed E-state index contributed by atoms with van der Waals surface area (Å²) in [5, 5.41) is 4.09. The van der Waals surface area contributed by atoms with Crippen LogP contribution in [0.15, 0.2) is 47.4 Å². The highest BCUT2D eigenvalue weighted by molar-refractivity contribution is 7.99. The number of benzene rings is 2. The van der Waals surface area contributed by atoms with Crippen molar-refractivity contribution in [1.29, 1.82) is 0 Å². The van der Waals surface area contributed by atoms with Crippen LogP contribution < -0.4 is 10.1 Å². The van der Waals surface area contributed by atoms with E-state index in [0.29, 0.717) is 6.61 Å². The number of unbranched alkanes of at least 4 members (excludes halogenated alkanes) is 1. The Balaban J connectivity index is 2.10. The fraction of sp³-hybridized carbons (Fsp3) is 0.500. The maximum Gasteiger partial charge on any atom is 0.125 e. The first-order chi connectivity index (χ1) is 13.7. The Morgan fingerprint density at radius 1 is 1.14 bits per heavy atom. The van der Waals surface area contributed by atoms with E-state index < -0.39 is 0 Å². The Kier molecular flexibility index (Phi) is 7.44. The summed E-state index contributed by atoms with van der Waals surface area (Å²) in [7, 11) is 3.48. The quantitative estimate of drug-likeness (QED) is 0.593. The Labute approximate surface area is 174 Å². The molecule has 2 aromatic rings. The molecule has 0 aliphatic carbocycles. The number of thioether (sulfide) groups is 1. The van der Waals surface area contributed by atoms with Crippen LogP contribution in [0.3, 0.4) is 0 Å². The zero-order valence-corrected chi connectivity index (χ0v) is 18.4. The molecule has 152 valence electrons. The molecular weight excluding hydrogens is 366 g/mol. The summed E-state index contributed by atoms with van der Waals surface area (Å²) in [6, 6.07) is 15.5. The molecule has 0 amide bonds. The van der Waals surface area contributed by atoms with Crippen LogP contribution in [-0.2, 0) is 11.3 Å². The van der Waals surface area contributed by atoms with Crippen molar-refractivity contribution in [2.24, 2.45) is 0 Å². The molecule has 0 saturated heterocycles. The molecule has 0 bridgehead atoms.